The fourth-order valence-corrected chi connectivity index (χ4v) is 5.46. The quantitative estimate of drug-likeness (QED) is 0.447. The van der Waals surface area contributed by atoms with Gasteiger partial charge >= 0.3 is 5.97 Å². The number of aliphatic carboxylic acids is 1. The van der Waals surface area contributed by atoms with Crippen molar-refractivity contribution in [1.82, 2.24) is 19.6 Å². The second-order valence-electron chi connectivity index (χ2n) is 7.40. The number of hydrogen-bond acceptors (Lipinski definition) is 6. The van der Waals surface area contributed by atoms with Crippen LogP contribution in [0, 0.1) is 5.92 Å². The maximum absolute atomic E-state index is 11.3. The molecule has 0 radical (unpaired) electrons. The number of hydrogen-bond donors (Lipinski definition) is 2. The van der Waals surface area contributed by atoms with Crippen LogP contribution in [0.15, 0.2) is 34.4 Å². The summed E-state index contributed by atoms with van der Waals surface area (Å²) in [6.45, 7) is 0. The summed E-state index contributed by atoms with van der Waals surface area (Å²) in [7, 11) is 0. The zero-order chi connectivity index (χ0) is 20.1. The lowest BCUT2D eigenvalue weighted by Gasteiger charge is -2.26. The van der Waals surface area contributed by atoms with E-state index in [-0.39, 0.29) is 11.8 Å². The first-order chi connectivity index (χ1) is 14.0. The van der Waals surface area contributed by atoms with Crippen molar-refractivity contribution < 1.29 is 9.90 Å². The molecule has 4 aromatic rings. The van der Waals surface area contributed by atoms with Gasteiger partial charge in [0.1, 0.15) is 5.82 Å². The summed E-state index contributed by atoms with van der Waals surface area (Å²) in [5, 5.41) is 15.7. The van der Waals surface area contributed by atoms with Crippen molar-refractivity contribution in [1.29, 1.82) is 0 Å². The Morgan fingerprint density at radius 1 is 1.28 bits per heavy atom. The first-order valence-corrected chi connectivity index (χ1v) is 11.1. The molecule has 0 unspecified atom stereocenters. The highest BCUT2D eigenvalue weighted by atomic mass is 79.9. The number of carbonyl (C=O) groups is 1. The van der Waals surface area contributed by atoms with Gasteiger partial charge < -0.3 is 10.8 Å². The molecule has 0 bridgehead atoms. The number of fused-ring (bicyclic) bond motifs is 2. The zero-order valence-electron chi connectivity index (χ0n) is 15.4. The van der Waals surface area contributed by atoms with E-state index in [1.54, 1.807) is 22.0 Å². The van der Waals surface area contributed by atoms with E-state index in [0.717, 1.165) is 44.4 Å². The highest BCUT2D eigenvalue weighted by molar-refractivity contribution is 9.10. The fourth-order valence-electron chi connectivity index (χ4n) is 4.09. The highest BCUT2D eigenvalue weighted by Gasteiger charge is 2.30. The normalized spacial score (nSPS) is 19.8. The van der Waals surface area contributed by atoms with Crippen LogP contribution >= 0.6 is 27.3 Å². The maximum atomic E-state index is 11.3. The summed E-state index contributed by atoms with van der Waals surface area (Å²) >= 11 is 5.25. The number of rotatable bonds is 3. The lowest BCUT2D eigenvalue weighted by Crippen LogP contribution is -2.21. The molecule has 9 heteroatoms. The Labute approximate surface area is 178 Å². The molecule has 1 saturated carbocycles. The smallest absolute Gasteiger partial charge is 0.306 e. The third-order valence-electron chi connectivity index (χ3n) is 5.72. The molecule has 1 aliphatic rings. The number of anilines is 1. The van der Waals surface area contributed by atoms with E-state index < -0.39 is 5.97 Å². The van der Waals surface area contributed by atoms with Crippen LogP contribution in [-0.4, -0.2) is 30.7 Å². The fraction of sp³-hybridized carbons (Fsp3) is 0.300. The molecule has 148 valence electrons. The van der Waals surface area contributed by atoms with Crippen LogP contribution in [-0.2, 0) is 4.79 Å². The van der Waals surface area contributed by atoms with Gasteiger partial charge in [-0.1, -0.05) is 0 Å². The molecule has 4 aromatic heterocycles. The Morgan fingerprint density at radius 2 is 2.07 bits per heavy atom. The summed E-state index contributed by atoms with van der Waals surface area (Å²) in [5.41, 5.74) is 10.8. The van der Waals surface area contributed by atoms with Gasteiger partial charge in [-0.2, -0.15) is 9.61 Å². The summed E-state index contributed by atoms with van der Waals surface area (Å²) in [5.74, 6) is -0.296. The van der Waals surface area contributed by atoms with Crippen LogP contribution in [0.2, 0.25) is 0 Å². The molecular formula is C20H18BrN5O2S. The molecule has 4 heterocycles. The Kier molecular flexibility index (Phi) is 4.51. The van der Waals surface area contributed by atoms with Crippen LogP contribution in [0.3, 0.4) is 0 Å². The van der Waals surface area contributed by atoms with Crippen molar-refractivity contribution in [2.75, 3.05) is 5.73 Å². The van der Waals surface area contributed by atoms with Crippen LogP contribution in [0.5, 0.6) is 0 Å². The van der Waals surface area contributed by atoms with Gasteiger partial charge in [0.05, 0.1) is 32.5 Å². The molecule has 1 fully saturated rings. The van der Waals surface area contributed by atoms with E-state index in [1.807, 2.05) is 17.6 Å². The van der Waals surface area contributed by atoms with Crippen molar-refractivity contribution in [2.45, 2.75) is 31.6 Å². The lowest BCUT2D eigenvalue weighted by molar-refractivity contribution is -0.142. The van der Waals surface area contributed by atoms with Gasteiger partial charge in [0, 0.05) is 23.2 Å². The van der Waals surface area contributed by atoms with Crippen LogP contribution < -0.4 is 5.73 Å². The van der Waals surface area contributed by atoms with Crippen molar-refractivity contribution in [3.63, 3.8) is 0 Å². The van der Waals surface area contributed by atoms with E-state index in [1.165, 1.54) is 0 Å². The summed E-state index contributed by atoms with van der Waals surface area (Å²) in [6.07, 6.45) is 6.49. The van der Waals surface area contributed by atoms with Gasteiger partial charge in [0.2, 0.25) is 0 Å². The van der Waals surface area contributed by atoms with Gasteiger partial charge in [-0.25, -0.2) is 4.98 Å². The molecule has 5 rings (SSSR count). The van der Waals surface area contributed by atoms with Crippen molar-refractivity contribution in [3.05, 3.63) is 40.1 Å². The minimum Gasteiger partial charge on any atom is -0.481 e. The van der Waals surface area contributed by atoms with Crippen LogP contribution in [0.25, 0.3) is 27.0 Å². The number of carboxylic acid groups (broad SMARTS) is 1. The first kappa shape index (κ1) is 18.5. The lowest BCUT2D eigenvalue weighted by atomic mass is 9.80. The monoisotopic (exact) mass is 471 g/mol. The van der Waals surface area contributed by atoms with Gasteiger partial charge in [0.15, 0.2) is 5.65 Å². The zero-order valence-corrected chi connectivity index (χ0v) is 17.8. The summed E-state index contributed by atoms with van der Waals surface area (Å²) < 4.78 is 3.49. The van der Waals surface area contributed by atoms with Gasteiger partial charge in [-0.05, 0) is 59.1 Å². The van der Waals surface area contributed by atoms with Gasteiger partial charge in [-0.15, -0.1) is 11.3 Å². The number of nitrogens with two attached hydrogens (primary N) is 1. The number of nitrogen functional groups attached to an aromatic ring is 1. The second-order valence-corrected chi connectivity index (χ2v) is 9.15. The number of nitrogens with zero attached hydrogens (tertiary/aromatic N) is 4. The average molecular weight is 472 g/mol. The van der Waals surface area contributed by atoms with E-state index in [2.05, 4.69) is 32.1 Å². The van der Waals surface area contributed by atoms with E-state index in [0.29, 0.717) is 24.3 Å². The molecule has 0 aromatic carbocycles. The van der Waals surface area contributed by atoms with Crippen molar-refractivity contribution in [3.8, 4) is 11.1 Å². The van der Waals surface area contributed by atoms with Gasteiger partial charge in [0.25, 0.3) is 0 Å². The van der Waals surface area contributed by atoms with Gasteiger partial charge in [-0.3, -0.25) is 9.78 Å². The molecule has 0 amide bonds. The predicted molar refractivity (Wildman–Crippen MR) is 116 cm³/mol. The number of thiophene rings is 1. The first-order valence-electron chi connectivity index (χ1n) is 9.42. The van der Waals surface area contributed by atoms with E-state index in [9.17, 15) is 9.90 Å². The average Bonchev–Trinajstić information content (AvgIpc) is 3.37. The molecular weight excluding hydrogens is 454 g/mol. The minimum absolute atomic E-state index is 0.174. The van der Waals surface area contributed by atoms with Crippen LogP contribution in [0.4, 0.5) is 5.82 Å². The third-order valence-corrected chi connectivity index (χ3v) is 7.39. The molecule has 3 N–H and O–H groups in total. The third kappa shape index (κ3) is 3.08. The largest absolute Gasteiger partial charge is 0.481 e. The van der Waals surface area contributed by atoms with Crippen molar-refractivity contribution >= 4 is 54.9 Å². The number of carboxylic acids is 1. The number of halogens is 1. The summed E-state index contributed by atoms with van der Waals surface area (Å²) in [6, 6.07) is 4.10. The van der Waals surface area contributed by atoms with E-state index >= 15 is 0 Å². The minimum atomic E-state index is -0.708. The van der Waals surface area contributed by atoms with Crippen molar-refractivity contribution in [2.24, 2.45) is 5.92 Å². The molecule has 29 heavy (non-hydrogen) atoms. The maximum Gasteiger partial charge on any atom is 0.306 e. The molecule has 0 aliphatic heterocycles. The van der Waals surface area contributed by atoms with E-state index in [4.69, 9.17) is 10.7 Å². The standard InChI is InChI=1S/C20H18BrN5O2S/c21-16-17(10-1-3-11(4-2-10)20(27)28)25-19-13(9-24-26(19)18(16)22)12-7-15-14(23-8-12)5-6-29-15/h5-11H,1-4,22H2,(H,27,28)/t10-,11-. The molecule has 0 atom stereocenters. The predicted octanol–water partition coefficient (Wildman–Crippen LogP) is 4.71. The summed E-state index contributed by atoms with van der Waals surface area (Å²) in [4.78, 5) is 20.7. The molecule has 0 spiro atoms. The Balaban J connectivity index is 1.59. The Morgan fingerprint density at radius 3 is 2.83 bits per heavy atom. The highest BCUT2D eigenvalue weighted by Crippen LogP contribution is 2.40. The second kappa shape index (κ2) is 7.07. The topological polar surface area (TPSA) is 106 Å². The molecule has 1 aliphatic carbocycles. The Bertz CT molecular complexity index is 1240. The Hall–Kier alpha value is -2.52. The number of pyridine rings is 1. The number of aromatic nitrogens is 4. The molecule has 7 nitrogen and oxygen atoms in total. The van der Waals surface area contributed by atoms with Crippen LogP contribution in [0.1, 0.15) is 37.3 Å². The SMILES string of the molecule is Nc1c(Br)c([C@H]2CC[C@H](C(=O)O)CC2)nc2c(-c3cnc4ccsc4c3)cnn12. The molecule has 0 saturated heterocycles.